The summed E-state index contributed by atoms with van der Waals surface area (Å²) in [4.78, 5) is 14.1. The first-order valence-electron chi connectivity index (χ1n) is 7.22. The summed E-state index contributed by atoms with van der Waals surface area (Å²) in [5, 5.41) is 4.00. The van der Waals surface area contributed by atoms with Gasteiger partial charge in [0.1, 0.15) is 5.69 Å². The highest BCUT2D eigenvalue weighted by atomic mass is 16.5. The van der Waals surface area contributed by atoms with Crippen LogP contribution in [0.1, 0.15) is 29.0 Å². The molecule has 0 radical (unpaired) electrons. The summed E-state index contributed by atoms with van der Waals surface area (Å²) < 4.78 is 5.22. The third-order valence-electron chi connectivity index (χ3n) is 3.81. The summed E-state index contributed by atoms with van der Waals surface area (Å²) in [7, 11) is 0. The highest BCUT2D eigenvalue weighted by molar-refractivity contribution is 5.92. The first-order chi connectivity index (χ1) is 10.1. The fourth-order valence-electron chi connectivity index (χ4n) is 2.59. The Labute approximate surface area is 123 Å². The molecule has 1 unspecified atom stereocenters. The minimum absolute atomic E-state index is 0.0576. The molecule has 1 aliphatic rings. The van der Waals surface area contributed by atoms with E-state index in [0.29, 0.717) is 12.2 Å². The molecule has 5 nitrogen and oxygen atoms in total. The van der Waals surface area contributed by atoms with Crippen LogP contribution in [-0.4, -0.2) is 35.1 Å². The van der Waals surface area contributed by atoms with Crippen molar-refractivity contribution in [2.75, 3.05) is 13.1 Å². The number of aryl methyl sites for hydroxylation is 1. The van der Waals surface area contributed by atoms with Crippen molar-refractivity contribution in [1.29, 1.82) is 0 Å². The van der Waals surface area contributed by atoms with Crippen LogP contribution in [0, 0.1) is 6.92 Å². The molecule has 5 heteroatoms. The van der Waals surface area contributed by atoms with E-state index in [1.54, 1.807) is 11.0 Å². The Bertz CT molecular complexity index is 633. The van der Waals surface area contributed by atoms with Crippen LogP contribution in [-0.2, 0) is 0 Å². The monoisotopic (exact) mass is 285 g/mol. The molecule has 0 bridgehead atoms. The fraction of sp³-hybridized carbons (Fsp3) is 0.375. The summed E-state index contributed by atoms with van der Waals surface area (Å²) >= 11 is 0. The number of benzene rings is 1. The first kappa shape index (κ1) is 13.8. The molecule has 1 aliphatic heterocycles. The van der Waals surface area contributed by atoms with Gasteiger partial charge in [-0.05, 0) is 19.8 Å². The quantitative estimate of drug-likeness (QED) is 0.918. The Morgan fingerprint density at radius 2 is 2.14 bits per heavy atom. The number of likely N-dealkylation sites (tertiary alicyclic amines) is 1. The van der Waals surface area contributed by atoms with Gasteiger partial charge in [0.15, 0.2) is 0 Å². The molecule has 1 amide bonds. The lowest BCUT2D eigenvalue weighted by Crippen LogP contribution is -2.45. The lowest BCUT2D eigenvalue weighted by molar-refractivity contribution is 0.0667. The molecule has 1 aromatic heterocycles. The number of piperidine rings is 1. The van der Waals surface area contributed by atoms with E-state index in [4.69, 9.17) is 10.3 Å². The second-order valence-corrected chi connectivity index (χ2v) is 5.60. The van der Waals surface area contributed by atoms with Gasteiger partial charge in [0.25, 0.3) is 5.91 Å². The highest BCUT2D eigenvalue weighted by Gasteiger charge is 2.25. The summed E-state index contributed by atoms with van der Waals surface area (Å²) in [5.41, 5.74) is 8.72. The van der Waals surface area contributed by atoms with Crippen molar-refractivity contribution in [3.05, 3.63) is 41.7 Å². The third-order valence-corrected chi connectivity index (χ3v) is 3.81. The number of nitrogens with two attached hydrogens (primary N) is 1. The van der Waals surface area contributed by atoms with Crippen molar-refractivity contribution in [2.45, 2.75) is 25.8 Å². The Kier molecular flexibility index (Phi) is 3.75. The molecule has 0 aliphatic carbocycles. The van der Waals surface area contributed by atoms with Gasteiger partial charge in [0, 0.05) is 30.8 Å². The zero-order valence-electron chi connectivity index (χ0n) is 12.1. The van der Waals surface area contributed by atoms with Crippen molar-refractivity contribution < 1.29 is 9.32 Å². The Morgan fingerprint density at radius 1 is 1.38 bits per heavy atom. The predicted octanol–water partition coefficient (Wildman–Crippen LogP) is 2.21. The van der Waals surface area contributed by atoms with E-state index < -0.39 is 0 Å². The maximum atomic E-state index is 12.4. The van der Waals surface area contributed by atoms with Crippen LogP contribution in [0.25, 0.3) is 11.3 Å². The SMILES string of the molecule is Cc1ccc(-c2cc(C(=O)N3CCCC(N)C3)on2)cc1. The molecule has 3 rings (SSSR count). The first-order valence-corrected chi connectivity index (χ1v) is 7.22. The second-order valence-electron chi connectivity index (χ2n) is 5.60. The Balaban J connectivity index is 1.78. The molecule has 1 saturated heterocycles. The van der Waals surface area contributed by atoms with E-state index in [0.717, 1.165) is 24.9 Å². The van der Waals surface area contributed by atoms with E-state index in [9.17, 15) is 4.79 Å². The number of aromatic nitrogens is 1. The van der Waals surface area contributed by atoms with Crippen LogP contribution < -0.4 is 5.73 Å². The number of hydrogen-bond acceptors (Lipinski definition) is 4. The number of carbonyl (C=O) groups is 1. The largest absolute Gasteiger partial charge is 0.350 e. The van der Waals surface area contributed by atoms with Gasteiger partial charge in [-0.1, -0.05) is 35.0 Å². The molecular weight excluding hydrogens is 266 g/mol. The molecule has 0 spiro atoms. The number of hydrogen-bond donors (Lipinski definition) is 1. The van der Waals surface area contributed by atoms with E-state index in [1.165, 1.54) is 5.56 Å². The van der Waals surface area contributed by atoms with E-state index >= 15 is 0 Å². The average molecular weight is 285 g/mol. The van der Waals surface area contributed by atoms with Gasteiger partial charge in [-0.2, -0.15) is 0 Å². The maximum absolute atomic E-state index is 12.4. The minimum atomic E-state index is -0.129. The van der Waals surface area contributed by atoms with Gasteiger partial charge in [-0.25, -0.2) is 0 Å². The lowest BCUT2D eigenvalue weighted by Gasteiger charge is -2.29. The van der Waals surface area contributed by atoms with Crippen LogP contribution in [0.4, 0.5) is 0 Å². The molecule has 1 aromatic carbocycles. The molecule has 1 atom stereocenters. The predicted molar refractivity (Wildman–Crippen MR) is 79.8 cm³/mol. The van der Waals surface area contributed by atoms with E-state index in [-0.39, 0.29) is 17.7 Å². The highest BCUT2D eigenvalue weighted by Crippen LogP contribution is 2.21. The molecule has 2 aromatic rings. The van der Waals surface area contributed by atoms with Gasteiger partial charge >= 0.3 is 0 Å². The van der Waals surface area contributed by atoms with Gasteiger partial charge in [0.2, 0.25) is 5.76 Å². The zero-order chi connectivity index (χ0) is 14.8. The third kappa shape index (κ3) is 2.97. The van der Waals surface area contributed by atoms with Crippen molar-refractivity contribution in [1.82, 2.24) is 10.1 Å². The van der Waals surface area contributed by atoms with Gasteiger partial charge in [0.05, 0.1) is 0 Å². The van der Waals surface area contributed by atoms with Crippen molar-refractivity contribution in [3.8, 4) is 11.3 Å². The minimum Gasteiger partial charge on any atom is -0.350 e. The zero-order valence-corrected chi connectivity index (χ0v) is 12.1. The molecule has 110 valence electrons. The molecule has 1 fully saturated rings. The van der Waals surface area contributed by atoms with Gasteiger partial charge in [-0.3, -0.25) is 4.79 Å². The molecule has 2 N–H and O–H groups in total. The number of nitrogens with zero attached hydrogens (tertiary/aromatic N) is 2. The van der Waals surface area contributed by atoms with Crippen LogP contribution in [0.2, 0.25) is 0 Å². The smallest absolute Gasteiger partial charge is 0.292 e. The molecular formula is C16H19N3O2. The van der Waals surface area contributed by atoms with Crippen molar-refractivity contribution >= 4 is 5.91 Å². The second kappa shape index (κ2) is 5.69. The standard InChI is InChI=1S/C16H19N3O2/c1-11-4-6-12(7-5-11)14-9-15(21-18-14)16(20)19-8-2-3-13(17)10-19/h4-7,9,13H,2-3,8,10,17H2,1H3. The van der Waals surface area contributed by atoms with Gasteiger partial charge < -0.3 is 15.2 Å². The van der Waals surface area contributed by atoms with Crippen LogP contribution in [0.15, 0.2) is 34.9 Å². The summed E-state index contributed by atoms with van der Waals surface area (Å²) in [6.45, 7) is 3.34. The Hall–Kier alpha value is -2.14. The topological polar surface area (TPSA) is 72.4 Å². The van der Waals surface area contributed by atoms with E-state index in [2.05, 4.69) is 5.16 Å². The summed E-state index contributed by atoms with van der Waals surface area (Å²) in [5.74, 6) is 0.149. The maximum Gasteiger partial charge on any atom is 0.292 e. The van der Waals surface area contributed by atoms with Crippen molar-refractivity contribution in [2.24, 2.45) is 5.73 Å². The number of carbonyl (C=O) groups excluding carboxylic acids is 1. The van der Waals surface area contributed by atoms with Crippen LogP contribution in [0.3, 0.4) is 0 Å². The van der Waals surface area contributed by atoms with Gasteiger partial charge in [-0.15, -0.1) is 0 Å². The fourth-order valence-corrected chi connectivity index (χ4v) is 2.59. The van der Waals surface area contributed by atoms with E-state index in [1.807, 2.05) is 31.2 Å². The Morgan fingerprint density at radius 3 is 2.86 bits per heavy atom. The van der Waals surface area contributed by atoms with Crippen molar-refractivity contribution in [3.63, 3.8) is 0 Å². The van der Waals surface area contributed by atoms with Crippen LogP contribution in [0.5, 0.6) is 0 Å². The molecule has 21 heavy (non-hydrogen) atoms. The number of amides is 1. The molecule has 2 heterocycles. The number of rotatable bonds is 2. The normalized spacial score (nSPS) is 18.8. The van der Waals surface area contributed by atoms with Crippen LogP contribution >= 0.6 is 0 Å². The molecule has 0 saturated carbocycles. The average Bonchev–Trinajstić information content (AvgIpc) is 2.97. The summed E-state index contributed by atoms with van der Waals surface area (Å²) in [6, 6.07) is 9.72. The lowest BCUT2D eigenvalue weighted by atomic mass is 10.1. The summed E-state index contributed by atoms with van der Waals surface area (Å²) in [6.07, 6.45) is 1.90.